The molecule has 20 heavy (non-hydrogen) atoms. The summed E-state index contributed by atoms with van der Waals surface area (Å²) in [6.45, 7) is 5.88. The van der Waals surface area contributed by atoms with Crippen molar-refractivity contribution in [2.75, 3.05) is 6.61 Å². The second kappa shape index (κ2) is 5.46. The van der Waals surface area contributed by atoms with Crippen LogP contribution >= 0.6 is 11.6 Å². The van der Waals surface area contributed by atoms with E-state index in [1.54, 1.807) is 0 Å². The van der Waals surface area contributed by atoms with Gasteiger partial charge in [0.05, 0.1) is 18.8 Å². The predicted molar refractivity (Wildman–Crippen MR) is 77.2 cm³/mol. The number of nitrogens with zero attached hydrogens (tertiary/aromatic N) is 1. The maximum absolute atomic E-state index is 6.13. The number of halogens is 1. The van der Waals surface area contributed by atoms with E-state index in [-0.39, 0.29) is 0 Å². The van der Waals surface area contributed by atoms with Gasteiger partial charge in [-0.2, -0.15) is 0 Å². The van der Waals surface area contributed by atoms with Crippen LogP contribution < -0.4 is 10.1 Å². The summed E-state index contributed by atoms with van der Waals surface area (Å²) in [7, 11) is 0. The summed E-state index contributed by atoms with van der Waals surface area (Å²) in [5, 5.41) is 4.08. The smallest absolute Gasteiger partial charge is 0.208 e. The molecule has 1 aromatic heterocycles. The highest BCUT2D eigenvalue weighted by molar-refractivity contribution is 6.30. The highest BCUT2D eigenvalue weighted by Crippen LogP contribution is 2.32. The van der Waals surface area contributed by atoms with E-state index in [2.05, 4.69) is 10.3 Å². The summed E-state index contributed by atoms with van der Waals surface area (Å²) in [5.74, 6) is 2.55. The molecule has 0 unspecified atom stereocenters. The molecule has 0 bridgehead atoms. The SMILES string of the molecule is Cc1nc(CNCc2cc(Cl)cc3c2OCC3)oc1C. The van der Waals surface area contributed by atoms with Gasteiger partial charge in [-0.15, -0.1) is 0 Å². The van der Waals surface area contributed by atoms with E-state index in [9.17, 15) is 0 Å². The molecule has 4 nitrogen and oxygen atoms in total. The normalized spacial score (nSPS) is 13.3. The molecule has 1 N–H and O–H groups in total. The van der Waals surface area contributed by atoms with Gasteiger partial charge >= 0.3 is 0 Å². The van der Waals surface area contributed by atoms with E-state index >= 15 is 0 Å². The number of ether oxygens (including phenoxy) is 1. The monoisotopic (exact) mass is 292 g/mol. The molecule has 2 aromatic rings. The summed E-state index contributed by atoms with van der Waals surface area (Å²) in [6.07, 6.45) is 0.932. The Hall–Kier alpha value is -1.52. The lowest BCUT2D eigenvalue weighted by Gasteiger charge is -2.09. The Morgan fingerprint density at radius 2 is 2.15 bits per heavy atom. The lowest BCUT2D eigenvalue weighted by Crippen LogP contribution is -2.13. The summed E-state index contributed by atoms with van der Waals surface area (Å²) in [6, 6.07) is 3.93. The Morgan fingerprint density at radius 1 is 1.30 bits per heavy atom. The van der Waals surface area contributed by atoms with Gasteiger partial charge in [-0.25, -0.2) is 4.98 Å². The molecule has 2 heterocycles. The second-order valence-corrected chi connectivity index (χ2v) is 5.44. The minimum absolute atomic E-state index is 0.593. The molecule has 0 aliphatic carbocycles. The fourth-order valence-corrected chi connectivity index (χ4v) is 2.66. The van der Waals surface area contributed by atoms with Gasteiger partial charge in [0.2, 0.25) is 5.89 Å². The second-order valence-electron chi connectivity index (χ2n) is 5.00. The van der Waals surface area contributed by atoms with Crippen molar-refractivity contribution in [2.24, 2.45) is 0 Å². The average molecular weight is 293 g/mol. The van der Waals surface area contributed by atoms with Gasteiger partial charge in [0, 0.05) is 23.6 Å². The first-order valence-corrected chi connectivity index (χ1v) is 7.09. The van der Waals surface area contributed by atoms with Crippen LogP contribution in [0.5, 0.6) is 5.75 Å². The Labute approximate surface area is 123 Å². The number of fused-ring (bicyclic) bond motifs is 1. The van der Waals surface area contributed by atoms with Crippen LogP contribution in [0, 0.1) is 13.8 Å². The van der Waals surface area contributed by atoms with E-state index in [0.29, 0.717) is 19.0 Å². The molecule has 0 saturated carbocycles. The van der Waals surface area contributed by atoms with Gasteiger partial charge in [-0.1, -0.05) is 11.6 Å². The van der Waals surface area contributed by atoms with Crippen LogP contribution in [-0.4, -0.2) is 11.6 Å². The van der Waals surface area contributed by atoms with Crippen molar-refractivity contribution < 1.29 is 9.15 Å². The summed E-state index contributed by atoms with van der Waals surface area (Å²) < 4.78 is 11.2. The Balaban J connectivity index is 1.67. The number of oxazole rings is 1. The zero-order valence-electron chi connectivity index (χ0n) is 11.6. The summed E-state index contributed by atoms with van der Waals surface area (Å²) in [4.78, 5) is 4.34. The highest BCUT2D eigenvalue weighted by atomic mass is 35.5. The Bertz CT molecular complexity index is 618. The third-order valence-corrected chi connectivity index (χ3v) is 3.71. The van der Waals surface area contributed by atoms with Crippen LogP contribution in [0.2, 0.25) is 5.02 Å². The quantitative estimate of drug-likeness (QED) is 0.940. The summed E-state index contributed by atoms with van der Waals surface area (Å²) in [5.41, 5.74) is 3.22. The van der Waals surface area contributed by atoms with Crippen molar-refractivity contribution in [3.05, 3.63) is 45.6 Å². The first kappa shape index (κ1) is 13.5. The van der Waals surface area contributed by atoms with E-state index in [1.165, 1.54) is 5.56 Å². The van der Waals surface area contributed by atoms with E-state index in [0.717, 1.165) is 40.8 Å². The molecular formula is C15H17ClN2O2. The Kier molecular flexibility index (Phi) is 3.68. The zero-order valence-corrected chi connectivity index (χ0v) is 12.4. The van der Waals surface area contributed by atoms with Gasteiger partial charge < -0.3 is 14.5 Å². The van der Waals surface area contributed by atoms with Crippen LogP contribution in [0.3, 0.4) is 0 Å². The maximum Gasteiger partial charge on any atom is 0.208 e. The average Bonchev–Trinajstić information content (AvgIpc) is 2.97. The Morgan fingerprint density at radius 3 is 2.90 bits per heavy atom. The van der Waals surface area contributed by atoms with Crippen molar-refractivity contribution >= 4 is 11.6 Å². The van der Waals surface area contributed by atoms with Crippen molar-refractivity contribution in [1.29, 1.82) is 0 Å². The fourth-order valence-electron chi connectivity index (χ4n) is 2.40. The standard InChI is InChI=1S/C15H17ClN2O2/c1-9-10(2)20-14(18-9)8-17-7-12-6-13(16)5-11-3-4-19-15(11)12/h5-6,17H,3-4,7-8H2,1-2H3. The molecule has 5 heteroatoms. The number of rotatable bonds is 4. The lowest BCUT2D eigenvalue weighted by atomic mass is 10.1. The molecule has 1 aliphatic rings. The third kappa shape index (κ3) is 2.67. The summed E-state index contributed by atoms with van der Waals surface area (Å²) >= 11 is 6.13. The van der Waals surface area contributed by atoms with Gasteiger partial charge in [-0.05, 0) is 31.5 Å². The van der Waals surface area contributed by atoms with Gasteiger partial charge in [0.15, 0.2) is 0 Å². The van der Waals surface area contributed by atoms with Gasteiger partial charge in [0.25, 0.3) is 0 Å². The van der Waals surface area contributed by atoms with E-state index < -0.39 is 0 Å². The topological polar surface area (TPSA) is 47.3 Å². The van der Waals surface area contributed by atoms with Gasteiger partial charge in [-0.3, -0.25) is 0 Å². The minimum Gasteiger partial charge on any atom is -0.493 e. The van der Waals surface area contributed by atoms with Crippen molar-refractivity contribution in [2.45, 2.75) is 33.4 Å². The molecule has 0 fully saturated rings. The van der Waals surface area contributed by atoms with Crippen LogP contribution in [0.4, 0.5) is 0 Å². The number of benzene rings is 1. The predicted octanol–water partition coefficient (Wildman–Crippen LogP) is 3.17. The zero-order chi connectivity index (χ0) is 14.1. The molecule has 0 spiro atoms. The minimum atomic E-state index is 0.593. The maximum atomic E-state index is 6.13. The van der Waals surface area contributed by atoms with Crippen LogP contribution in [0.1, 0.15) is 28.5 Å². The molecule has 1 aliphatic heterocycles. The molecule has 0 saturated heterocycles. The highest BCUT2D eigenvalue weighted by Gasteiger charge is 2.17. The number of aryl methyl sites for hydroxylation is 2. The van der Waals surface area contributed by atoms with E-state index in [1.807, 2.05) is 26.0 Å². The molecule has 106 valence electrons. The molecule has 0 radical (unpaired) electrons. The van der Waals surface area contributed by atoms with E-state index in [4.69, 9.17) is 20.8 Å². The number of hydrogen-bond acceptors (Lipinski definition) is 4. The third-order valence-electron chi connectivity index (χ3n) is 3.49. The molecule has 3 rings (SSSR count). The molecule has 0 atom stereocenters. The molecule has 1 aromatic carbocycles. The molecule has 0 amide bonds. The fraction of sp³-hybridized carbons (Fsp3) is 0.400. The van der Waals surface area contributed by atoms with Crippen molar-refractivity contribution in [1.82, 2.24) is 10.3 Å². The number of nitrogens with one attached hydrogen (secondary N) is 1. The molecular weight excluding hydrogens is 276 g/mol. The number of hydrogen-bond donors (Lipinski definition) is 1. The first-order valence-electron chi connectivity index (χ1n) is 6.71. The lowest BCUT2D eigenvalue weighted by molar-refractivity contribution is 0.352. The van der Waals surface area contributed by atoms with Gasteiger partial charge in [0.1, 0.15) is 11.5 Å². The first-order chi connectivity index (χ1) is 9.63. The van der Waals surface area contributed by atoms with Crippen LogP contribution in [-0.2, 0) is 19.5 Å². The van der Waals surface area contributed by atoms with Crippen LogP contribution in [0.15, 0.2) is 16.5 Å². The number of aromatic nitrogens is 1. The van der Waals surface area contributed by atoms with Crippen molar-refractivity contribution in [3.8, 4) is 5.75 Å². The van der Waals surface area contributed by atoms with Crippen LogP contribution in [0.25, 0.3) is 0 Å². The largest absolute Gasteiger partial charge is 0.493 e. The van der Waals surface area contributed by atoms with Crippen molar-refractivity contribution in [3.63, 3.8) is 0 Å².